The zero-order chi connectivity index (χ0) is 11.4. The Morgan fingerprint density at radius 3 is 2.73 bits per heavy atom. The summed E-state index contributed by atoms with van der Waals surface area (Å²) in [6.45, 7) is 1.73. The van der Waals surface area contributed by atoms with Crippen molar-refractivity contribution >= 4 is 17.7 Å². The van der Waals surface area contributed by atoms with Gasteiger partial charge in [-0.3, -0.25) is 0 Å². The summed E-state index contributed by atoms with van der Waals surface area (Å²) in [7, 11) is 0. The molecule has 0 bridgehead atoms. The van der Waals surface area contributed by atoms with Crippen LogP contribution in [0.1, 0.15) is 18.9 Å². The molecule has 4 heteroatoms. The van der Waals surface area contributed by atoms with Crippen molar-refractivity contribution in [3.05, 3.63) is 35.2 Å². The van der Waals surface area contributed by atoms with E-state index < -0.39 is 11.8 Å². The number of hydrogen-bond donors (Lipinski definition) is 2. The van der Waals surface area contributed by atoms with Gasteiger partial charge in [0.2, 0.25) is 0 Å². The van der Waals surface area contributed by atoms with Gasteiger partial charge < -0.3 is 10.8 Å². The third kappa shape index (κ3) is 2.80. The lowest BCUT2D eigenvalue weighted by Gasteiger charge is -2.00. The lowest BCUT2D eigenvalue weighted by molar-refractivity contribution is -0.132. The summed E-state index contributed by atoms with van der Waals surface area (Å²) in [4.78, 5) is 10.7. The third-order valence-electron chi connectivity index (χ3n) is 2.02. The van der Waals surface area contributed by atoms with Crippen LogP contribution in [0, 0.1) is 5.82 Å². The van der Waals surface area contributed by atoms with Gasteiger partial charge in [-0.05, 0) is 30.2 Å². The van der Waals surface area contributed by atoms with Gasteiger partial charge in [0.25, 0.3) is 0 Å². The number of nitrogens with two attached hydrogens (primary N) is 1. The molecule has 1 rings (SSSR count). The predicted octanol–water partition coefficient (Wildman–Crippen LogP) is 2.29. The van der Waals surface area contributed by atoms with Gasteiger partial charge in [-0.1, -0.05) is 13.0 Å². The minimum Gasteiger partial charge on any atom is -0.478 e. The number of hydrogen-bond acceptors (Lipinski definition) is 2. The van der Waals surface area contributed by atoms with Crippen LogP contribution in [0.25, 0.3) is 6.08 Å². The molecule has 3 N–H and O–H groups in total. The summed E-state index contributed by atoms with van der Waals surface area (Å²) in [5.74, 6) is -1.53. The number of carboxylic acids is 1. The molecule has 0 aliphatic heterocycles. The number of benzene rings is 1. The molecular formula is C11H12FNO2. The van der Waals surface area contributed by atoms with E-state index in [9.17, 15) is 9.18 Å². The molecule has 0 aliphatic carbocycles. The molecule has 80 valence electrons. The van der Waals surface area contributed by atoms with Crippen molar-refractivity contribution in [1.82, 2.24) is 0 Å². The van der Waals surface area contributed by atoms with Crippen LogP contribution in [0.15, 0.2) is 23.8 Å². The zero-order valence-corrected chi connectivity index (χ0v) is 8.33. The number of carbonyl (C=O) groups is 1. The van der Waals surface area contributed by atoms with Crippen LogP contribution in [0.3, 0.4) is 0 Å². The van der Waals surface area contributed by atoms with E-state index in [0.29, 0.717) is 12.0 Å². The van der Waals surface area contributed by atoms with Crippen LogP contribution in [0.5, 0.6) is 0 Å². The molecule has 15 heavy (non-hydrogen) atoms. The van der Waals surface area contributed by atoms with Crippen molar-refractivity contribution in [3.8, 4) is 0 Å². The van der Waals surface area contributed by atoms with Crippen molar-refractivity contribution < 1.29 is 14.3 Å². The van der Waals surface area contributed by atoms with Crippen LogP contribution >= 0.6 is 0 Å². The fourth-order valence-electron chi connectivity index (χ4n) is 1.15. The van der Waals surface area contributed by atoms with Gasteiger partial charge in [-0.15, -0.1) is 0 Å². The summed E-state index contributed by atoms with van der Waals surface area (Å²) in [6.07, 6.45) is 1.83. The van der Waals surface area contributed by atoms with Crippen LogP contribution in [0.2, 0.25) is 0 Å². The molecule has 0 aromatic heterocycles. The highest BCUT2D eigenvalue weighted by Crippen LogP contribution is 2.15. The molecule has 0 saturated heterocycles. The Kier molecular flexibility index (Phi) is 3.44. The molecule has 0 unspecified atom stereocenters. The number of halogens is 1. The van der Waals surface area contributed by atoms with Crippen molar-refractivity contribution in [2.24, 2.45) is 0 Å². The lowest BCUT2D eigenvalue weighted by atomic mass is 10.1. The summed E-state index contributed by atoms with van der Waals surface area (Å²) in [5.41, 5.74) is 6.09. The third-order valence-corrected chi connectivity index (χ3v) is 2.02. The van der Waals surface area contributed by atoms with E-state index in [-0.39, 0.29) is 11.3 Å². The smallest absolute Gasteiger partial charge is 0.331 e. The average Bonchev–Trinajstić information content (AvgIpc) is 2.19. The lowest BCUT2D eigenvalue weighted by Crippen LogP contribution is -1.99. The van der Waals surface area contributed by atoms with E-state index in [1.165, 1.54) is 18.2 Å². The Morgan fingerprint density at radius 2 is 2.27 bits per heavy atom. The molecule has 0 heterocycles. The van der Waals surface area contributed by atoms with Gasteiger partial charge in [-0.25, -0.2) is 9.18 Å². The first-order valence-corrected chi connectivity index (χ1v) is 4.53. The second-order valence-corrected chi connectivity index (χ2v) is 3.11. The van der Waals surface area contributed by atoms with Crippen LogP contribution < -0.4 is 5.73 Å². The SMILES string of the molecule is CC/C(=C\c1ccc(N)c(F)c1)C(=O)O. The van der Waals surface area contributed by atoms with E-state index in [2.05, 4.69) is 0 Å². The highest BCUT2D eigenvalue weighted by atomic mass is 19.1. The number of anilines is 1. The van der Waals surface area contributed by atoms with Gasteiger partial charge in [0.15, 0.2) is 0 Å². The molecule has 1 aromatic carbocycles. The van der Waals surface area contributed by atoms with Crippen LogP contribution in [-0.2, 0) is 4.79 Å². The average molecular weight is 209 g/mol. The van der Waals surface area contributed by atoms with E-state index in [4.69, 9.17) is 10.8 Å². The maximum Gasteiger partial charge on any atom is 0.331 e. The molecule has 0 radical (unpaired) electrons. The molecule has 0 amide bonds. The standard InChI is InChI=1S/C11H12FNO2/c1-2-8(11(14)15)5-7-3-4-10(13)9(12)6-7/h3-6H,2,13H2,1H3,(H,14,15)/b8-5+. The minimum absolute atomic E-state index is 0.0560. The van der Waals surface area contributed by atoms with Gasteiger partial charge in [-0.2, -0.15) is 0 Å². The molecular weight excluding hydrogens is 197 g/mol. The van der Waals surface area contributed by atoms with E-state index >= 15 is 0 Å². The summed E-state index contributed by atoms with van der Waals surface area (Å²) >= 11 is 0. The second-order valence-electron chi connectivity index (χ2n) is 3.11. The zero-order valence-electron chi connectivity index (χ0n) is 8.33. The highest BCUT2D eigenvalue weighted by molar-refractivity contribution is 5.92. The molecule has 0 atom stereocenters. The van der Waals surface area contributed by atoms with Gasteiger partial charge in [0.1, 0.15) is 5.82 Å². The van der Waals surface area contributed by atoms with Gasteiger partial charge in [0.05, 0.1) is 5.69 Å². The monoisotopic (exact) mass is 209 g/mol. The Hall–Kier alpha value is -1.84. The van der Waals surface area contributed by atoms with Crippen LogP contribution in [0.4, 0.5) is 10.1 Å². The first-order valence-electron chi connectivity index (χ1n) is 4.53. The number of carboxylic acid groups (broad SMARTS) is 1. The van der Waals surface area contributed by atoms with Crippen molar-refractivity contribution in [2.75, 3.05) is 5.73 Å². The fourth-order valence-corrected chi connectivity index (χ4v) is 1.15. The number of rotatable bonds is 3. The predicted molar refractivity (Wildman–Crippen MR) is 56.7 cm³/mol. The minimum atomic E-state index is -0.991. The molecule has 0 fully saturated rings. The first kappa shape index (κ1) is 11.2. The summed E-state index contributed by atoms with van der Waals surface area (Å²) in [5, 5.41) is 8.77. The van der Waals surface area contributed by atoms with Crippen molar-refractivity contribution in [3.63, 3.8) is 0 Å². The maximum absolute atomic E-state index is 13.0. The summed E-state index contributed by atoms with van der Waals surface area (Å²) in [6, 6.07) is 4.21. The number of aliphatic carboxylic acids is 1. The number of nitrogen functional groups attached to an aromatic ring is 1. The Labute approximate surface area is 87.0 Å². The fraction of sp³-hybridized carbons (Fsp3) is 0.182. The highest BCUT2D eigenvalue weighted by Gasteiger charge is 2.05. The van der Waals surface area contributed by atoms with Crippen molar-refractivity contribution in [2.45, 2.75) is 13.3 Å². The maximum atomic E-state index is 13.0. The Balaban J connectivity index is 3.07. The second kappa shape index (κ2) is 4.59. The quantitative estimate of drug-likeness (QED) is 0.593. The van der Waals surface area contributed by atoms with Gasteiger partial charge in [0, 0.05) is 5.57 Å². The van der Waals surface area contributed by atoms with Gasteiger partial charge >= 0.3 is 5.97 Å². The normalized spacial score (nSPS) is 11.5. The largest absolute Gasteiger partial charge is 0.478 e. The van der Waals surface area contributed by atoms with E-state index in [1.54, 1.807) is 13.0 Å². The molecule has 0 aliphatic rings. The van der Waals surface area contributed by atoms with E-state index in [1.807, 2.05) is 0 Å². The Morgan fingerprint density at radius 1 is 1.60 bits per heavy atom. The molecule has 0 saturated carbocycles. The molecule has 3 nitrogen and oxygen atoms in total. The van der Waals surface area contributed by atoms with E-state index in [0.717, 1.165) is 0 Å². The molecule has 0 spiro atoms. The summed E-state index contributed by atoms with van der Waals surface area (Å²) < 4.78 is 13.0. The Bertz CT molecular complexity index is 413. The molecule has 1 aromatic rings. The van der Waals surface area contributed by atoms with Crippen molar-refractivity contribution in [1.29, 1.82) is 0 Å². The topological polar surface area (TPSA) is 63.3 Å². The first-order chi connectivity index (χ1) is 7.04. The van der Waals surface area contributed by atoms with Crippen LogP contribution in [-0.4, -0.2) is 11.1 Å².